The highest BCUT2D eigenvalue weighted by Crippen LogP contribution is 2.33. The molecule has 0 aliphatic heterocycles. The lowest BCUT2D eigenvalue weighted by Gasteiger charge is -2.13. The minimum absolute atomic E-state index is 0.0647. The van der Waals surface area contributed by atoms with E-state index in [0.29, 0.717) is 11.9 Å². The standard InChI is InChI=1S/C19H18F4N4/c1-2-3-6-13-12-17(27-9-4-5-10-27)26-18(24-13)25-14-7-8-16(20)15(11-14)19(21,22)23/h4-5,7-12H,2-3,6H2,1H3,(H,24,25,26). The largest absolute Gasteiger partial charge is 0.419 e. The Bertz CT molecular complexity index is 905. The molecule has 1 N–H and O–H groups in total. The molecule has 0 spiro atoms. The highest BCUT2D eigenvalue weighted by Gasteiger charge is 2.34. The summed E-state index contributed by atoms with van der Waals surface area (Å²) in [6, 6.07) is 8.24. The molecule has 0 fully saturated rings. The van der Waals surface area contributed by atoms with Crippen molar-refractivity contribution >= 4 is 11.6 Å². The smallest absolute Gasteiger partial charge is 0.324 e. The third-order valence-electron chi connectivity index (χ3n) is 3.95. The summed E-state index contributed by atoms with van der Waals surface area (Å²) in [7, 11) is 0. The van der Waals surface area contributed by atoms with Gasteiger partial charge in [-0.05, 0) is 43.2 Å². The molecule has 3 rings (SSSR count). The summed E-state index contributed by atoms with van der Waals surface area (Å²) >= 11 is 0. The van der Waals surface area contributed by atoms with Gasteiger partial charge in [0, 0.05) is 29.8 Å². The van der Waals surface area contributed by atoms with Gasteiger partial charge in [-0.2, -0.15) is 18.2 Å². The molecule has 0 saturated carbocycles. The number of anilines is 2. The van der Waals surface area contributed by atoms with Crippen LogP contribution in [0.4, 0.5) is 29.2 Å². The van der Waals surface area contributed by atoms with E-state index >= 15 is 0 Å². The van der Waals surface area contributed by atoms with Crippen molar-refractivity contribution in [3.63, 3.8) is 0 Å². The van der Waals surface area contributed by atoms with Crippen LogP contribution >= 0.6 is 0 Å². The van der Waals surface area contributed by atoms with Crippen molar-refractivity contribution in [2.75, 3.05) is 5.32 Å². The molecule has 0 bridgehead atoms. The Morgan fingerprint density at radius 1 is 1.07 bits per heavy atom. The van der Waals surface area contributed by atoms with E-state index in [1.54, 1.807) is 4.57 Å². The number of rotatable bonds is 6. The van der Waals surface area contributed by atoms with Gasteiger partial charge >= 0.3 is 6.18 Å². The molecule has 1 aromatic carbocycles. The lowest BCUT2D eigenvalue weighted by Crippen LogP contribution is -2.10. The quantitative estimate of drug-likeness (QED) is 0.575. The average Bonchev–Trinajstić information content (AvgIpc) is 3.15. The van der Waals surface area contributed by atoms with Crippen molar-refractivity contribution in [2.24, 2.45) is 0 Å². The van der Waals surface area contributed by atoms with E-state index in [0.717, 1.165) is 31.0 Å². The van der Waals surface area contributed by atoms with Crippen LogP contribution in [0.25, 0.3) is 5.82 Å². The molecule has 4 nitrogen and oxygen atoms in total. The van der Waals surface area contributed by atoms with Crippen LogP contribution < -0.4 is 5.32 Å². The predicted molar refractivity (Wildman–Crippen MR) is 94.7 cm³/mol. The number of aromatic nitrogens is 3. The summed E-state index contributed by atoms with van der Waals surface area (Å²) in [5, 5.41) is 2.76. The number of benzene rings is 1. The van der Waals surface area contributed by atoms with E-state index in [1.165, 1.54) is 6.07 Å². The van der Waals surface area contributed by atoms with Crippen molar-refractivity contribution in [3.8, 4) is 5.82 Å². The highest BCUT2D eigenvalue weighted by molar-refractivity contribution is 5.56. The van der Waals surface area contributed by atoms with Gasteiger partial charge in [-0.25, -0.2) is 9.37 Å². The Labute approximate surface area is 153 Å². The highest BCUT2D eigenvalue weighted by atomic mass is 19.4. The average molecular weight is 378 g/mol. The van der Waals surface area contributed by atoms with E-state index in [-0.39, 0.29) is 11.6 Å². The molecule has 0 aliphatic rings. The molecule has 2 aromatic heterocycles. The van der Waals surface area contributed by atoms with Crippen LogP contribution in [-0.2, 0) is 12.6 Å². The van der Waals surface area contributed by atoms with E-state index < -0.39 is 17.6 Å². The maximum atomic E-state index is 13.5. The van der Waals surface area contributed by atoms with Gasteiger partial charge in [-0.3, -0.25) is 0 Å². The van der Waals surface area contributed by atoms with Crippen molar-refractivity contribution in [3.05, 3.63) is 65.9 Å². The fourth-order valence-corrected chi connectivity index (χ4v) is 2.59. The molecule has 3 aromatic rings. The molecule has 0 aliphatic carbocycles. The van der Waals surface area contributed by atoms with Crippen molar-refractivity contribution in [2.45, 2.75) is 32.4 Å². The van der Waals surface area contributed by atoms with Crippen LogP contribution in [0.2, 0.25) is 0 Å². The topological polar surface area (TPSA) is 42.7 Å². The summed E-state index contributed by atoms with van der Waals surface area (Å²) in [6.45, 7) is 2.06. The maximum absolute atomic E-state index is 13.5. The molecule has 2 heterocycles. The first-order valence-corrected chi connectivity index (χ1v) is 8.52. The summed E-state index contributed by atoms with van der Waals surface area (Å²) in [4.78, 5) is 8.74. The molecule has 27 heavy (non-hydrogen) atoms. The molecule has 0 atom stereocenters. The number of halogens is 4. The second-order valence-electron chi connectivity index (χ2n) is 6.05. The monoisotopic (exact) mass is 378 g/mol. The number of hydrogen-bond donors (Lipinski definition) is 1. The number of unbranched alkanes of at least 4 members (excludes halogenated alkanes) is 1. The van der Waals surface area contributed by atoms with Crippen LogP contribution in [0.15, 0.2) is 48.8 Å². The summed E-state index contributed by atoms with van der Waals surface area (Å²) in [5.74, 6) is -0.563. The van der Waals surface area contributed by atoms with Crippen LogP contribution in [0.1, 0.15) is 31.0 Å². The Kier molecular flexibility index (Phi) is 5.43. The number of hydrogen-bond acceptors (Lipinski definition) is 3. The number of alkyl halides is 3. The third-order valence-corrected chi connectivity index (χ3v) is 3.95. The van der Waals surface area contributed by atoms with Gasteiger partial charge in [0.2, 0.25) is 5.95 Å². The molecule has 8 heteroatoms. The zero-order chi connectivity index (χ0) is 19.4. The number of nitrogens with zero attached hydrogens (tertiary/aromatic N) is 3. The Hall–Kier alpha value is -2.90. The van der Waals surface area contributed by atoms with E-state index in [1.807, 2.05) is 30.6 Å². The molecule has 0 unspecified atom stereocenters. The summed E-state index contributed by atoms with van der Waals surface area (Å²) in [6.07, 6.45) is 1.49. The van der Waals surface area contributed by atoms with Crippen LogP contribution in [0.5, 0.6) is 0 Å². The lowest BCUT2D eigenvalue weighted by atomic mass is 10.2. The van der Waals surface area contributed by atoms with Crippen molar-refractivity contribution < 1.29 is 17.6 Å². The van der Waals surface area contributed by atoms with Crippen LogP contribution in [0.3, 0.4) is 0 Å². The predicted octanol–water partition coefficient (Wildman–Crippen LogP) is 5.51. The Morgan fingerprint density at radius 2 is 1.81 bits per heavy atom. The zero-order valence-electron chi connectivity index (χ0n) is 14.6. The first-order valence-electron chi connectivity index (χ1n) is 8.52. The van der Waals surface area contributed by atoms with Gasteiger partial charge in [-0.1, -0.05) is 13.3 Å². The van der Waals surface area contributed by atoms with Gasteiger partial charge in [-0.15, -0.1) is 0 Å². The molecule has 142 valence electrons. The molecular formula is C19H18F4N4. The first kappa shape index (κ1) is 18.9. The fraction of sp³-hybridized carbons (Fsp3) is 0.263. The van der Waals surface area contributed by atoms with Crippen LogP contribution in [-0.4, -0.2) is 14.5 Å². The summed E-state index contributed by atoms with van der Waals surface area (Å²) < 4.78 is 54.0. The fourth-order valence-electron chi connectivity index (χ4n) is 2.59. The van der Waals surface area contributed by atoms with Gasteiger partial charge < -0.3 is 9.88 Å². The zero-order valence-corrected chi connectivity index (χ0v) is 14.6. The normalized spacial score (nSPS) is 11.6. The van der Waals surface area contributed by atoms with Crippen molar-refractivity contribution in [1.29, 1.82) is 0 Å². The first-order chi connectivity index (χ1) is 12.9. The number of aryl methyl sites for hydroxylation is 1. The van der Waals surface area contributed by atoms with Gasteiger partial charge in [0.1, 0.15) is 11.6 Å². The van der Waals surface area contributed by atoms with Gasteiger partial charge in [0.05, 0.1) is 5.56 Å². The molecule has 0 radical (unpaired) electrons. The van der Waals surface area contributed by atoms with E-state index in [9.17, 15) is 17.6 Å². The van der Waals surface area contributed by atoms with Gasteiger partial charge in [0.15, 0.2) is 0 Å². The van der Waals surface area contributed by atoms with Crippen LogP contribution in [0, 0.1) is 5.82 Å². The Morgan fingerprint density at radius 3 is 2.48 bits per heavy atom. The second kappa shape index (κ2) is 7.77. The van der Waals surface area contributed by atoms with E-state index in [2.05, 4.69) is 22.2 Å². The number of nitrogens with one attached hydrogen (secondary N) is 1. The summed E-state index contributed by atoms with van der Waals surface area (Å²) in [5.41, 5.74) is -0.494. The molecule has 0 amide bonds. The third kappa shape index (κ3) is 4.64. The van der Waals surface area contributed by atoms with Gasteiger partial charge in [0.25, 0.3) is 0 Å². The second-order valence-corrected chi connectivity index (χ2v) is 6.05. The molecule has 0 saturated heterocycles. The Balaban J connectivity index is 1.95. The van der Waals surface area contributed by atoms with E-state index in [4.69, 9.17) is 0 Å². The lowest BCUT2D eigenvalue weighted by molar-refractivity contribution is -0.139. The minimum atomic E-state index is -4.78. The SMILES string of the molecule is CCCCc1cc(-n2cccc2)nc(Nc2ccc(F)c(C(F)(F)F)c2)n1. The maximum Gasteiger partial charge on any atom is 0.419 e. The van der Waals surface area contributed by atoms with Crippen molar-refractivity contribution in [1.82, 2.24) is 14.5 Å². The molecular weight excluding hydrogens is 360 g/mol. The minimum Gasteiger partial charge on any atom is -0.324 e.